The fourth-order valence-electron chi connectivity index (χ4n) is 2.75. The number of benzene rings is 1. The molecule has 1 heterocycles. The van der Waals surface area contributed by atoms with Crippen molar-refractivity contribution >= 4 is 5.97 Å². The monoisotopic (exact) mass is 279 g/mol. The van der Waals surface area contributed by atoms with Crippen LogP contribution in [0.2, 0.25) is 0 Å². The van der Waals surface area contributed by atoms with Crippen LogP contribution in [0, 0.1) is 0 Å². The van der Waals surface area contributed by atoms with Gasteiger partial charge < -0.3 is 14.6 Å². The highest BCUT2D eigenvalue weighted by molar-refractivity contribution is 5.67. The van der Waals surface area contributed by atoms with E-state index in [1.165, 1.54) is 0 Å². The molecule has 2 rings (SSSR count). The number of nitrogens with zero attached hydrogens (tertiary/aromatic N) is 1. The second-order valence-corrected chi connectivity index (χ2v) is 5.05. The van der Waals surface area contributed by atoms with Gasteiger partial charge in [-0.1, -0.05) is 6.07 Å². The van der Waals surface area contributed by atoms with Crippen LogP contribution in [0.5, 0.6) is 11.5 Å². The SMILES string of the molecule is COc1ccc(CN2CCCC2CC(=O)O)cc1OC. The van der Waals surface area contributed by atoms with Crippen LogP contribution in [0.4, 0.5) is 0 Å². The van der Waals surface area contributed by atoms with E-state index in [2.05, 4.69) is 4.90 Å². The standard InChI is InChI=1S/C15H21NO4/c1-19-13-6-5-11(8-14(13)20-2)10-16-7-3-4-12(16)9-15(17)18/h5-6,8,12H,3-4,7,9-10H2,1-2H3,(H,17,18). The van der Waals surface area contributed by atoms with Gasteiger partial charge in [0.15, 0.2) is 11.5 Å². The van der Waals surface area contributed by atoms with Gasteiger partial charge in [-0.05, 0) is 37.1 Å². The summed E-state index contributed by atoms with van der Waals surface area (Å²) in [6, 6.07) is 5.98. The van der Waals surface area contributed by atoms with Crippen molar-refractivity contribution in [3.63, 3.8) is 0 Å². The van der Waals surface area contributed by atoms with Crippen LogP contribution < -0.4 is 9.47 Å². The predicted octanol–water partition coefficient (Wildman–Crippen LogP) is 2.14. The number of aliphatic carboxylic acids is 1. The number of carboxylic acid groups (broad SMARTS) is 1. The maximum Gasteiger partial charge on any atom is 0.304 e. The van der Waals surface area contributed by atoms with Crippen LogP contribution >= 0.6 is 0 Å². The first-order valence-electron chi connectivity index (χ1n) is 6.80. The van der Waals surface area contributed by atoms with Crippen molar-refractivity contribution < 1.29 is 19.4 Å². The zero-order chi connectivity index (χ0) is 14.5. The van der Waals surface area contributed by atoms with Crippen LogP contribution in [-0.2, 0) is 11.3 Å². The van der Waals surface area contributed by atoms with Crippen molar-refractivity contribution in [2.24, 2.45) is 0 Å². The molecule has 1 aliphatic heterocycles. The number of carbonyl (C=O) groups is 1. The summed E-state index contributed by atoms with van der Waals surface area (Å²) >= 11 is 0. The van der Waals surface area contributed by atoms with E-state index in [9.17, 15) is 4.79 Å². The Balaban J connectivity index is 2.07. The lowest BCUT2D eigenvalue weighted by Crippen LogP contribution is -2.30. The van der Waals surface area contributed by atoms with Crippen molar-refractivity contribution in [1.29, 1.82) is 0 Å². The molecular weight excluding hydrogens is 258 g/mol. The van der Waals surface area contributed by atoms with Gasteiger partial charge in [0, 0.05) is 12.6 Å². The fraction of sp³-hybridized carbons (Fsp3) is 0.533. The molecule has 5 nitrogen and oxygen atoms in total. The van der Waals surface area contributed by atoms with Crippen LogP contribution in [0.3, 0.4) is 0 Å². The van der Waals surface area contributed by atoms with E-state index in [-0.39, 0.29) is 12.5 Å². The number of methoxy groups -OCH3 is 2. The molecule has 0 spiro atoms. The summed E-state index contributed by atoms with van der Waals surface area (Å²) in [5, 5.41) is 8.95. The summed E-state index contributed by atoms with van der Waals surface area (Å²) in [6.07, 6.45) is 2.23. The number of hydrogen-bond acceptors (Lipinski definition) is 4. The highest BCUT2D eigenvalue weighted by Gasteiger charge is 2.26. The summed E-state index contributed by atoms with van der Waals surface area (Å²) in [5.41, 5.74) is 1.11. The molecule has 0 aliphatic carbocycles. The topological polar surface area (TPSA) is 59.0 Å². The Bertz CT molecular complexity index is 475. The van der Waals surface area contributed by atoms with E-state index in [0.29, 0.717) is 11.5 Å². The molecule has 5 heteroatoms. The van der Waals surface area contributed by atoms with Crippen LogP contribution in [0.25, 0.3) is 0 Å². The molecule has 1 N–H and O–H groups in total. The van der Waals surface area contributed by atoms with Gasteiger partial charge in [0.2, 0.25) is 0 Å². The number of likely N-dealkylation sites (tertiary alicyclic amines) is 1. The van der Waals surface area contributed by atoms with E-state index >= 15 is 0 Å². The third-order valence-corrected chi connectivity index (χ3v) is 3.74. The molecule has 0 radical (unpaired) electrons. The molecule has 0 saturated carbocycles. The van der Waals surface area contributed by atoms with E-state index in [0.717, 1.165) is 31.5 Å². The van der Waals surface area contributed by atoms with Crippen molar-refractivity contribution in [1.82, 2.24) is 4.90 Å². The van der Waals surface area contributed by atoms with E-state index in [1.54, 1.807) is 14.2 Å². The first-order chi connectivity index (χ1) is 9.63. The highest BCUT2D eigenvalue weighted by atomic mass is 16.5. The Morgan fingerprint density at radius 2 is 2.10 bits per heavy atom. The zero-order valence-electron chi connectivity index (χ0n) is 12.0. The molecule has 20 heavy (non-hydrogen) atoms. The minimum atomic E-state index is -0.728. The smallest absolute Gasteiger partial charge is 0.304 e. The first-order valence-corrected chi connectivity index (χ1v) is 6.80. The van der Waals surface area contributed by atoms with Gasteiger partial charge in [-0.2, -0.15) is 0 Å². The molecule has 1 saturated heterocycles. The summed E-state index contributed by atoms with van der Waals surface area (Å²) in [7, 11) is 3.23. The van der Waals surface area contributed by atoms with Gasteiger partial charge in [-0.25, -0.2) is 0 Å². The predicted molar refractivity (Wildman–Crippen MR) is 75.2 cm³/mol. The van der Waals surface area contributed by atoms with Gasteiger partial charge >= 0.3 is 5.97 Å². The molecular formula is C15H21NO4. The Labute approximate surface area is 119 Å². The summed E-state index contributed by atoms with van der Waals surface area (Å²) < 4.78 is 10.5. The maximum atomic E-state index is 10.9. The van der Waals surface area contributed by atoms with Crippen LogP contribution in [0.15, 0.2) is 18.2 Å². The molecule has 1 aromatic carbocycles. The number of hydrogen-bond donors (Lipinski definition) is 1. The Kier molecular flexibility index (Phi) is 4.84. The van der Waals surface area contributed by atoms with Gasteiger partial charge in [0.25, 0.3) is 0 Å². The lowest BCUT2D eigenvalue weighted by Gasteiger charge is -2.23. The van der Waals surface area contributed by atoms with Crippen LogP contribution in [0.1, 0.15) is 24.8 Å². The van der Waals surface area contributed by atoms with E-state index in [4.69, 9.17) is 14.6 Å². The third kappa shape index (κ3) is 3.42. The molecule has 1 fully saturated rings. The second kappa shape index (κ2) is 6.61. The molecule has 0 bridgehead atoms. The quantitative estimate of drug-likeness (QED) is 0.864. The lowest BCUT2D eigenvalue weighted by atomic mass is 10.1. The van der Waals surface area contributed by atoms with E-state index < -0.39 is 5.97 Å². The normalized spacial score (nSPS) is 19.0. The molecule has 0 aromatic heterocycles. The van der Waals surface area contributed by atoms with Gasteiger partial charge in [-0.15, -0.1) is 0 Å². The molecule has 1 aliphatic rings. The minimum absolute atomic E-state index is 0.139. The van der Waals surface area contributed by atoms with Gasteiger partial charge in [0.05, 0.1) is 20.6 Å². The molecule has 1 aromatic rings. The average molecular weight is 279 g/mol. The van der Waals surface area contributed by atoms with Gasteiger partial charge in [0.1, 0.15) is 0 Å². The highest BCUT2D eigenvalue weighted by Crippen LogP contribution is 2.29. The molecule has 110 valence electrons. The lowest BCUT2D eigenvalue weighted by molar-refractivity contribution is -0.138. The van der Waals surface area contributed by atoms with Crippen molar-refractivity contribution in [3.05, 3.63) is 23.8 Å². The van der Waals surface area contributed by atoms with Crippen molar-refractivity contribution in [2.75, 3.05) is 20.8 Å². The zero-order valence-corrected chi connectivity index (χ0v) is 12.0. The first kappa shape index (κ1) is 14.7. The Hall–Kier alpha value is -1.75. The van der Waals surface area contributed by atoms with Crippen LogP contribution in [-0.4, -0.2) is 42.8 Å². The summed E-state index contributed by atoms with van der Waals surface area (Å²) in [6.45, 7) is 1.70. The number of ether oxygens (including phenoxy) is 2. The van der Waals surface area contributed by atoms with Crippen molar-refractivity contribution in [2.45, 2.75) is 31.8 Å². The van der Waals surface area contributed by atoms with Crippen molar-refractivity contribution in [3.8, 4) is 11.5 Å². The van der Waals surface area contributed by atoms with E-state index in [1.807, 2.05) is 18.2 Å². The van der Waals surface area contributed by atoms with Gasteiger partial charge in [-0.3, -0.25) is 9.69 Å². The summed E-state index contributed by atoms with van der Waals surface area (Å²) in [5.74, 6) is 0.688. The second-order valence-electron chi connectivity index (χ2n) is 5.05. The molecule has 1 unspecified atom stereocenters. The summed E-state index contributed by atoms with van der Waals surface area (Å²) in [4.78, 5) is 13.1. The maximum absolute atomic E-state index is 10.9. The number of rotatable bonds is 6. The molecule has 0 amide bonds. The third-order valence-electron chi connectivity index (χ3n) is 3.74. The average Bonchev–Trinajstić information content (AvgIpc) is 2.85. The Morgan fingerprint density at radius 1 is 1.35 bits per heavy atom. The minimum Gasteiger partial charge on any atom is -0.493 e. The Morgan fingerprint density at radius 3 is 2.75 bits per heavy atom. The number of carboxylic acids is 1. The molecule has 1 atom stereocenters. The largest absolute Gasteiger partial charge is 0.493 e. The fourth-order valence-corrected chi connectivity index (χ4v) is 2.75.